The Labute approximate surface area is 126 Å². The molecule has 1 saturated heterocycles. The molecule has 0 amide bonds. The van der Waals surface area contributed by atoms with E-state index < -0.39 is 0 Å². The minimum Gasteiger partial charge on any atom is -0.662 e. The van der Waals surface area contributed by atoms with E-state index in [-0.39, 0.29) is 51.4 Å². The molecule has 1 heterocycles. The summed E-state index contributed by atoms with van der Waals surface area (Å²) >= 11 is 0. The van der Waals surface area contributed by atoms with Gasteiger partial charge in [-0.15, -0.1) is 13.1 Å². The van der Waals surface area contributed by atoms with Crippen molar-refractivity contribution in [1.82, 2.24) is 0 Å². The van der Waals surface area contributed by atoms with Crippen LogP contribution in [-0.2, 0) is 0 Å². The minimum absolute atomic E-state index is 0. The normalized spacial score (nSPS) is 24.5. The van der Waals surface area contributed by atoms with Crippen LogP contribution < -0.4 is 51.4 Å². The van der Waals surface area contributed by atoms with Gasteiger partial charge in [0.15, 0.2) is 0 Å². The van der Waals surface area contributed by atoms with E-state index in [1.54, 1.807) is 0 Å². The molecule has 1 nitrogen and oxygen atoms in total. The Morgan fingerprint density at radius 1 is 0.923 bits per heavy atom. The smallest absolute Gasteiger partial charge is 0.662 e. The second-order valence-corrected chi connectivity index (χ2v) is 3.92. The summed E-state index contributed by atoms with van der Waals surface area (Å²) in [4.78, 5) is 0. The van der Waals surface area contributed by atoms with Gasteiger partial charge in [0, 0.05) is 0 Å². The molecule has 0 bridgehead atoms. The molecule has 0 N–H and O–H groups in total. The molecule has 1 spiro atoms. The standard InChI is InChI=1S/C9H16N.C2H6.K/c1-2-4-9(5-3-1)6-7-10-8-9;1-2;/h1-8H2;1-2H3;/q-1;;+1. The molecule has 13 heavy (non-hydrogen) atoms. The largest absolute Gasteiger partial charge is 1.00 e. The summed E-state index contributed by atoms with van der Waals surface area (Å²) < 4.78 is 0. The van der Waals surface area contributed by atoms with Gasteiger partial charge in [-0.1, -0.05) is 44.9 Å². The molecule has 1 saturated carbocycles. The van der Waals surface area contributed by atoms with Crippen LogP contribution in [0.3, 0.4) is 0 Å². The van der Waals surface area contributed by atoms with Crippen LogP contribution in [0.25, 0.3) is 5.32 Å². The Bertz CT molecular complexity index is 111. The van der Waals surface area contributed by atoms with Crippen molar-refractivity contribution in [3.63, 3.8) is 0 Å². The summed E-state index contributed by atoms with van der Waals surface area (Å²) in [7, 11) is 0. The second kappa shape index (κ2) is 7.83. The molecule has 1 aliphatic carbocycles. The van der Waals surface area contributed by atoms with Gasteiger partial charge in [0.25, 0.3) is 0 Å². The van der Waals surface area contributed by atoms with Crippen LogP contribution in [0.5, 0.6) is 0 Å². The zero-order valence-electron chi connectivity index (χ0n) is 9.60. The summed E-state index contributed by atoms with van der Waals surface area (Å²) in [5.41, 5.74) is 0.707. The summed E-state index contributed by atoms with van der Waals surface area (Å²) in [5, 5.41) is 4.46. The average molecular weight is 207 g/mol. The van der Waals surface area contributed by atoms with Crippen molar-refractivity contribution in [2.24, 2.45) is 5.41 Å². The number of hydrogen-bond acceptors (Lipinski definition) is 0. The van der Waals surface area contributed by atoms with Gasteiger partial charge in [0.05, 0.1) is 0 Å². The van der Waals surface area contributed by atoms with Gasteiger partial charge in [0.2, 0.25) is 0 Å². The quantitative estimate of drug-likeness (QED) is 0.520. The monoisotopic (exact) mass is 207 g/mol. The molecular formula is C11H22KN. The van der Waals surface area contributed by atoms with Crippen LogP contribution in [0.1, 0.15) is 52.4 Å². The second-order valence-electron chi connectivity index (χ2n) is 3.92. The molecule has 0 aromatic rings. The number of rotatable bonds is 0. The predicted octanol–water partition coefficient (Wildman–Crippen LogP) is 0.744. The zero-order chi connectivity index (χ0) is 8.86. The maximum Gasteiger partial charge on any atom is 1.00 e. The molecule has 0 atom stereocenters. The first-order valence-electron chi connectivity index (χ1n) is 5.55. The summed E-state index contributed by atoms with van der Waals surface area (Å²) in [5.74, 6) is 0. The van der Waals surface area contributed by atoms with Crippen molar-refractivity contribution >= 4 is 0 Å². The van der Waals surface area contributed by atoms with E-state index in [0.29, 0.717) is 5.41 Å². The molecule has 2 rings (SSSR count). The first-order chi connectivity index (χ1) is 5.91. The van der Waals surface area contributed by atoms with Crippen molar-refractivity contribution in [1.29, 1.82) is 0 Å². The van der Waals surface area contributed by atoms with Gasteiger partial charge >= 0.3 is 51.4 Å². The molecule has 0 aromatic carbocycles. The Balaban J connectivity index is 0.000000451. The summed E-state index contributed by atoms with van der Waals surface area (Å²) in [6.07, 6.45) is 8.74. The first-order valence-corrected chi connectivity index (χ1v) is 5.55. The average Bonchev–Trinajstić information content (AvgIpc) is 2.58. The van der Waals surface area contributed by atoms with Crippen molar-refractivity contribution < 1.29 is 51.4 Å². The van der Waals surface area contributed by atoms with E-state index >= 15 is 0 Å². The van der Waals surface area contributed by atoms with Crippen molar-refractivity contribution in [3.05, 3.63) is 5.32 Å². The van der Waals surface area contributed by atoms with E-state index in [0.717, 1.165) is 6.54 Å². The molecule has 1 aliphatic heterocycles. The number of nitrogens with zero attached hydrogens (tertiary/aromatic N) is 1. The molecule has 2 aliphatic rings. The fourth-order valence-electron chi connectivity index (χ4n) is 2.42. The number of hydrogen-bond donors (Lipinski definition) is 0. The van der Waals surface area contributed by atoms with E-state index in [9.17, 15) is 0 Å². The minimum atomic E-state index is 0. The van der Waals surface area contributed by atoms with E-state index in [1.165, 1.54) is 45.1 Å². The van der Waals surface area contributed by atoms with Crippen LogP contribution in [0.2, 0.25) is 0 Å². The molecular weight excluding hydrogens is 185 g/mol. The molecule has 0 aromatic heterocycles. The summed E-state index contributed by atoms with van der Waals surface area (Å²) in [6.45, 7) is 6.34. The maximum absolute atomic E-state index is 4.46. The molecule has 2 fully saturated rings. The fraction of sp³-hybridized carbons (Fsp3) is 1.00. The maximum atomic E-state index is 4.46. The van der Waals surface area contributed by atoms with E-state index in [1.807, 2.05) is 13.8 Å². The van der Waals surface area contributed by atoms with Gasteiger partial charge in [-0.2, -0.15) is 0 Å². The zero-order valence-corrected chi connectivity index (χ0v) is 12.7. The topological polar surface area (TPSA) is 14.1 Å². The van der Waals surface area contributed by atoms with Crippen molar-refractivity contribution in [2.45, 2.75) is 52.4 Å². The summed E-state index contributed by atoms with van der Waals surface area (Å²) in [6, 6.07) is 0. The van der Waals surface area contributed by atoms with Crippen LogP contribution in [0.15, 0.2) is 0 Å². The third kappa shape index (κ3) is 4.31. The van der Waals surface area contributed by atoms with E-state index in [4.69, 9.17) is 0 Å². The van der Waals surface area contributed by atoms with Crippen molar-refractivity contribution in [2.75, 3.05) is 13.1 Å². The van der Waals surface area contributed by atoms with Gasteiger partial charge < -0.3 is 5.32 Å². The van der Waals surface area contributed by atoms with Crippen molar-refractivity contribution in [3.8, 4) is 0 Å². The van der Waals surface area contributed by atoms with Crippen LogP contribution >= 0.6 is 0 Å². The molecule has 2 heteroatoms. The first kappa shape index (κ1) is 14.6. The Kier molecular flexibility index (Phi) is 8.79. The SMILES string of the molecule is C1CCC2(CC1)CC[N-]C2.CC.[K+]. The molecule has 0 unspecified atom stereocenters. The third-order valence-electron chi connectivity index (χ3n) is 3.16. The van der Waals surface area contributed by atoms with Gasteiger partial charge in [0.1, 0.15) is 0 Å². The third-order valence-corrected chi connectivity index (χ3v) is 3.16. The van der Waals surface area contributed by atoms with Gasteiger partial charge in [-0.05, 0) is 12.8 Å². The van der Waals surface area contributed by atoms with Crippen LogP contribution in [0.4, 0.5) is 0 Å². The Hall–Kier alpha value is 1.60. The predicted molar refractivity (Wildman–Crippen MR) is 54.6 cm³/mol. The van der Waals surface area contributed by atoms with Crippen LogP contribution in [-0.4, -0.2) is 13.1 Å². The Morgan fingerprint density at radius 2 is 1.54 bits per heavy atom. The molecule has 0 radical (unpaired) electrons. The Morgan fingerprint density at radius 3 is 2.00 bits per heavy atom. The molecule has 72 valence electrons. The van der Waals surface area contributed by atoms with E-state index in [2.05, 4.69) is 5.32 Å². The fourth-order valence-corrected chi connectivity index (χ4v) is 2.42. The van der Waals surface area contributed by atoms with Gasteiger partial charge in [-0.3, -0.25) is 0 Å². The van der Waals surface area contributed by atoms with Crippen LogP contribution in [0, 0.1) is 5.41 Å². The van der Waals surface area contributed by atoms with Gasteiger partial charge in [-0.25, -0.2) is 0 Å².